The van der Waals surface area contributed by atoms with Crippen LogP contribution in [0.2, 0.25) is 0 Å². The third-order valence-corrected chi connectivity index (χ3v) is 3.07. The predicted octanol–water partition coefficient (Wildman–Crippen LogP) is 2.77. The molecular weight excluding hydrogens is 248 g/mol. The maximum atomic E-state index is 10.3. The zero-order valence-corrected chi connectivity index (χ0v) is 10.1. The van der Waals surface area contributed by atoms with Crippen LogP contribution in [0.3, 0.4) is 0 Å². The number of para-hydroxylation sites is 2. The van der Waals surface area contributed by atoms with Gasteiger partial charge in [0.15, 0.2) is 0 Å². The first-order valence-electron chi connectivity index (χ1n) is 5.62. The molecule has 0 saturated carbocycles. The van der Waals surface area contributed by atoms with Crippen molar-refractivity contribution in [2.75, 3.05) is 17.2 Å². The van der Waals surface area contributed by atoms with Crippen molar-refractivity contribution in [3.05, 3.63) is 36.4 Å². The number of phenols is 1. The summed E-state index contributed by atoms with van der Waals surface area (Å²) < 4.78 is 5.17. The van der Waals surface area contributed by atoms with Crippen molar-refractivity contribution in [2.45, 2.75) is 0 Å². The normalized spacial score (nSPS) is 13.0. The van der Waals surface area contributed by atoms with Crippen molar-refractivity contribution in [1.29, 1.82) is 0 Å². The summed E-state index contributed by atoms with van der Waals surface area (Å²) in [5.74, 6) is 0.278. The Hall–Kier alpha value is -2.44. The van der Waals surface area contributed by atoms with Crippen molar-refractivity contribution < 1.29 is 20.3 Å². The van der Waals surface area contributed by atoms with E-state index in [1.165, 1.54) is 13.2 Å². The molecule has 0 amide bonds. The molecule has 0 saturated heterocycles. The van der Waals surface area contributed by atoms with Crippen LogP contribution >= 0.6 is 0 Å². The number of anilines is 4. The lowest BCUT2D eigenvalue weighted by Gasteiger charge is -2.34. The first kappa shape index (κ1) is 11.6. The first-order chi connectivity index (χ1) is 9.15. The molecule has 98 valence electrons. The lowest BCUT2D eigenvalue weighted by atomic mass is 10.1. The van der Waals surface area contributed by atoms with Crippen LogP contribution in [0, 0.1) is 0 Å². The third kappa shape index (κ3) is 1.51. The Morgan fingerprint density at radius 3 is 2.16 bits per heavy atom. The molecular formula is C13H12N2O4. The molecule has 0 atom stereocenters. The van der Waals surface area contributed by atoms with Gasteiger partial charge in [-0.2, -0.15) is 0 Å². The van der Waals surface area contributed by atoms with Crippen LogP contribution in [0.15, 0.2) is 36.4 Å². The molecule has 0 aliphatic carbocycles. The molecule has 0 aromatic heterocycles. The largest absolute Gasteiger partial charge is 0.506 e. The fourth-order valence-corrected chi connectivity index (χ4v) is 2.21. The molecule has 3 rings (SSSR count). The number of hydrogen-bond donors (Lipinski definition) is 3. The lowest BCUT2D eigenvalue weighted by Crippen LogP contribution is -2.25. The standard InChI is InChI=1S/C13H12N2O4/c1-19-11-7-3-5-9-13(11)15(18)8-4-2-6-10(16)12(8)14(9)17/h2-7,16-18H,1H3. The highest BCUT2D eigenvalue weighted by atomic mass is 16.5. The van der Waals surface area contributed by atoms with E-state index >= 15 is 0 Å². The van der Waals surface area contributed by atoms with Gasteiger partial charge in [-0.3, -0.25) is 10.4 Å². The van der Waals surface area contributed by atoms with Gasteiger partial charge in [0, 0.05) is 0 Å². The maximum absolute atomic E-state index is 10.3. The Labute approximate surface area is 109 Å². The topological polar surface area (TPSA) is 76.4 Å². The second-order valence-corrected chi connectivity index (χ2v) is 4.10. The molecule has 2 aromatic carbocycles. The SMILES string of the molecule is COc1cccc2c1N(O)c1cccc(O)c1N2O. The summed E-state index contributed by atoms with van der Waals surface area (Å²) in [5.41, 5.74) is 1.01. The molecule has 2 aromatic rings. The third-order valence-electron chi connectivity index (χ3n) is 3.07. The van der Waals surface area contributed by atoms with E-state index in [4.69, 9.17) is 4.74 Å². The Morgan fingerprint density at radius 2 is 1.47 bits per heavy atom. The average Bonchev–Trinajstić information content (AvgIpc) is 2.43. The molecule has 6 heteroatoms. The second kappa shape index (κ2) is 4.04. The number of aromatic hydroxyl groups is 1. The monoisotopic (exact) mass is 260 g/mol. The smallest absolute Gasteiger partial charge is 0.147 e. The number of hydrogen-bond acceptors (Lipinski definition) is 6. The van der Waals surface area contributed by atoms with Gasteiger partial charge in [0.25, 0.3) is 0 Å². The maximum Gasteiger partial charge on any atom is 0.147 e. The van der Waals surface area contributed by atoms with Gasteiger partial charge in [0.05, 0.1) is 18.5 Å². The van der Waals surface area contributed by atoms with Gasteiger partial charge in [-0.05, 0) is 24.3 Å². The average molecular weight is 260 g/mol. The summed E-state index contributed by atoms with van der Waals surface area (Å²) in [6.45, 7) is 0. The van der Waals surface area contributed by atoms with Crippen LogP contribution in [-0.4, -0.2) is 22.6 Å². The number of ether oxygens (including phenoxy) is 1. The summed E-state index contributed by atoms with van der Waals surface area (Å²) in [6, 6.07) is 9.54. The van der Waals surface area contributed by atoms with Crippen molar-refractivity contribution in [3.8, 4) is 11.5 Å². The number of methoxy groups -OCH3 is 1. The lowest BCUT2D eigenvalue weighted by molar-refractivity contribution is 0.266. The number of benzene rings is 2. The quantitative estimate of drug-likeness (QED) is 0.732. The Bertz CT molecular complexity index is 645. The van der Waals surface area contributed by atoms with E-state index < -0.39 is 0 Å². The highest BCUT2D eigenvalue weighted by molar-refractivity contribution is 5.95. The van der Waals surface area contributed by atoms with Crippen LogP contribution in [0.25, 0.3) is 0 Å². The first-order valence-corrected chi connectivity index (χ1v) is 5.62. The van der Waals surface area contributed by atoms with Crippen LogP contribution in [-0.2, 0) is 0 Å². The van der Waals surface area contributed by atoms with Crippen molar-refractivity contribution in [1.82, 2.24) is 0 Å². The van der Waals surface area contributed by atoms with E-state index in [-0.39, 0.29) is 17.1 Å². The van der Waals surface area contributed by atoms with E-state index in [0.29, 0.717) is 17.1 Å². The molecule has 0 spiro atoms. The Kier molecular flexibility index (Phi) is 2.48. The highest BCUT2D eigenvalue weighted by Gasteiger charge is 2.31. The second-order valence-electron chi connectivity index (χ2n) is 4.10. The summed E-state index contributed by atoms with van der Waals surface area (Å²) >= 11 is 0. The van der Waals surface area contributed by atoms with E-state index in [0.717, 1.165) is 10.1 Å². The molecule has 0 bridgehead atoms. The Balaban J connectivity index is 2.29. The molecule has 6 nitrogen and oxygen atoms in total. The van der Waals surface area contributed by atoms with Gasteiger partial charge in [0.2, 0.25) is 0 Å². The minimum Gasteiger partial charge on any atom is -0.506 e. The summed E-state index contributed by atoms with van der Waals surface area (Å²) in [4.78, 5) is 0. The summed E-state index contributed by atoms with van der Waals surface area (Å²) in [7, 11) is 1.48. The highest BCUT2D eigenvalue weighted by Crippen LogP contribution is 2.52. The fraction of sp³-hybridized carbons (Fsp3) is 0.0769. The minimum absolute atomic E-state index is 0.116. The summed E-state index contributed by atoms with van der Waals surface area (Å²) in [6.07, 6.45) is 0. The van der Waals surface area contributed by atoms with Crippen LogP contribution < -0.4 is 14.9 Å². The Morgan fingerprint density at radius 1 is 0.895 bits per heavy atom. The fourth-order valence-electron chi connectivity index (χ4n) is 2.21. The van der Waals surface area contributed by atoms with Crippen molar-refractivity contribution in [3.63, 3.8) is 0 Å². The molecule has 19 heavy (non-hydrogen) atoms. The van der Waals surface area contributed by atoms with Gasteiger partial charge in [-0.1, -0.05) is 12.1 Å². The molecule has 1 aliphatic rings. The van der Waals surface area contributed by atoms with Gasteiger partial charge >= 0.3 is 0 Å². The van der Waals surface area contributed by atoms with E-state index in [1.54, 1.807) is 30.3 Å². The number of phenolic OH excluding ortho intramolecular Hbond substituents is 1. The van der Waals surface area contributed by atoms with Crippen LogP contribution in [0.5, 0.6) is 11.5 Å². The zero-order valence-electron chi connectivity index (χ0n) is 10.1. The zero-order chi connectivity index (χ0) is 13.6. The van der Waals surface area contributed by atoms with Gasteiger partial charge in [-0.15, -0.1) is 0 Å². The molecule has 0 unspecified atom stereocenters. The van der Waals surface area contributed by atoms with E-state index in [2.05, 4.69) is 0 Å². The van der Waals surface area contributed by atoms with Crippen molar-refractivity contribution in [2.24, 2.45) is 0 Å². The van der Waals surface area contributed by atoms with Crippen molar-refractivity contribution >= 4 is 22.7 Å². The van der Waals surface area contributed by atoms with Gasteiger partial charge < -0.3 is 9.84 Å². The van der Waals surface area contributed by atoms with Gasteiger partial charge in [0.1, 0.15) is 22.9 Å². The van der Waals surface area contributed by atoms with Gasteiger partial charge in [-0.25, -0.2) is 10.1 Å². The van der Waals surface area contributed by atoms with Crippen LogP contribution in [0.4, 0.5) is 22.7 Å². The molecule has 0 radical (unpaired) electrons. The molecule has 1 heterocycles. The van der Waals surface area contributed by atoms with E-state index in [1.807, 2.05) is 0 Å². The van der Waals surface area contributed by atoms with E-state index in [9.17, 15) is 15.5 Å². The summed E-state index contributed by atoms with van der Waals surface area (Å²) in [5, 5.41) is 32.0. The minimum atomic E-state index is -0.132. The molecule has 3 N–H and O–H groups in total. The number of rotatable bonds is 1. The number of nitrogens with zero attached hydrogens (tertiary/aromatic N) is 2. The molecule has 0 fully saturated rings. The molecule has 1 aliphatic heterocycles. The predicted molar refractivity (Wildman–Crippen MR) is 69.0 cm³/mol. The number of fused-ring (bicyclic) bond motifs is 2. The van der Waals surface area contributed by atoms with Crippen LogP contribution in [0.1, 0.15) is 0 Å².